The SMILES string of the molecule is C#CCOc1c(Br)cc(Br)cc1/C=C1\C(=O)NC(=O)N(c2ccccc2Cl)C1=O. The number of nitrogens with one attached hydrogen (secondary N) is 1. The van der Waals surface area contributed by atoms with Gasteiger partial charge in [-0.2, -0.15) is 0 Å². The summed E-state index contributed by atoms with van der Waals surface area (Å²) in [7, 11) is 0. The Kier molecular flexibility index (Phi) is 6.42. The first kappa shape index (κ1) is 21.1. The van der Waals surface area contributed by atoms with Crippen LogP contribution >= 0.6 is 43.5 Å². The second-order valence-corrected chi connectivity index (χ2v) is 7.89. The molecule has 6 nitrogen and oxygen atoms in total. The van der Waals surface area contributed by atoms with E-state index < -0.39 is 17.8 Å². The van der Waals surface area contributed by atoms with E-state index in [1.807, 2.05) is 0 Å². The van der Waals surface area contributed by atoms with Gasteiger partial charge in [-0.15, -0.1) is 6.42 Å². The highest BCUT2D eigenvalue weighted by Crippen LogP contribution is 2.35. The predicted octanol–water partition coefficient (Wildman–Crippen LogP) is 4.54. The van der Waals surface area contributed by atoms with Gasteiger partial charge in [0.2, 0.25) is 0 Å². The monoisotopic (exact) mass is 536 g/mol. The van der Waals surface area contributed by atoms with E-state index >= 15 is 0 Å². The van der Waals surface area contributed by atoms with Crippen molar-refractivity contribution in [3.63, 3.8) is 0 Å². The molecular formula is C20H11Br2ClN2O4. The van der Waals surface area contributed by atoms with Crippen molar-refractivity contribution in [2.75, 3.05) is 11.5 Å². The first-order valence-corrected chi connectivity index (χ1v) is 10.0. The summed E-state index contributed by atoms with van der Waals surface area (Å²) in [5.74, 6) is 1.06. The number of rotatable bonds is 4. The van der Waals surface area contributed by atoms with Crippen LogP contribution in [0, 0.1) is 12.3 Å². The lowest BCUT2D eigenvalue weighted by Crippen LogP contribution is -2.54. The number of hydrogen-bond donors (Lipinski definition) is 1. The van der Waals surface area contributed by atoms with Crippen LogP contribution < -0.4 is 15.0 Å². The molecule has 1 fully saturated rings. The second kappa shape index (κ2) is 8.82. The summed E-state index contributed by atoms with van der Waals surface area (Å²) < 4.78 is 6.78. The lowest BCUT2D eigenvalue weighted by molar-refractivity contribution is -0.122. The van der Waals surface area contributed by atoms with Crippen LogP contribution in [0.2, 0.25) is 5.02 Å². The third-order valence-electron chi connectivity index (χ3n) is 3.83. The van der Waals surface area contributed by atoms with Gasteiger partial charge in [-0.05, 0) is 46.3 Å². The lowest BCUT2D eigenvalue weighted by atomic mass is 10.1. The number of nitrogens with zero attached hydrogens (tertiary/aromatic N) is 1. The molecule has 0 aromatic heterocycles. The van der Waals surface area contributed by atoms with Gasteiger partial charge in [-0.3, -0.25) is 14.9 Å². The fourth-order valence-electron chi connectivity index (χ4n) is 2.62. The van der Waals surface area contributed by atoms with Crippen molar-refractivity contribution in [1.82, 2.24) is 5.32 Å². The van der Waals surface area contributed by atoms with Crippen molar-refractivity contribution in [3.05, 3.63) is 61.5 Å². The molecule has 0 saturated carbocycles. The minimum absolute atomic E-state index is 0.0131. The molecule has 0 aliphatic carbocycles. The van der Waals surface area contributed by atoms with Crippen LogP contribution in [0.15, 0.2) is 50.9 Å². The fraction of sp³-hybridized carbons (Fsp3) is 0.0500. The molecule has 1 aliphatic rings. The summed E-state index contributed by atoms with van der Waals surface area (Å²) in [6.45, 7) is -0.0131. The van der Waals surface area contributed by atoms with Crippen molar-refractivity contribution >= 4 is 73.1 Å². The topological polar surface area (TPSA) is 75.7 Å². The van der Waals surface area contributed by atoms with E-state index in [0.29, 0.717) is 20.3 Å². The zero-order valence-corrected chi connectivity index (χ0v) is 18.5. The van der Waals surface area contributed by atoms with Gasteiger partial charge in [0.1, 0.15) is 17.9 Å². The lowest BCUT2D eigenvalue weighted by Gasteiger charge is -2.27. The number of benzene rings is 2. The van der Waals surface area contributed by atoms with Crippen molar-refractivity contribution in [2.24, 2.45) is 0 Å². The molecule has 2 aromatic rings. The first-order valence-electron chi connectivity index (χ1n) is 8.04. The summed E-state index contributed by atoms with van der Waals surface area (Å²) in [6.07, 6.45) is 6.59. The minimum atomic E-state index is -0.885. The van der Waals surface area contributed by atoms with Gasteiger partial charge in [0.15, 0.2) is 0 Å². The fourth-order valence-corrected chi connectivity index (χ4v) is 4.21. The number of ether oxygens (including phenoxy) is 1. The van der Waals surface area contributed by atoms with Gasteiger partial charge >= 0.3 is 6.03 Å². The van der Waals surface area contributed by atoms with Gasteiger partial charge in [0.05, 0.1) is 15.2 Å². The highest BCUT2D eigenvalue weighted by molar-refractivity contribution is 9.11. The number of carbonyl (C=O) groups is 3. The van der Waals surface area contributed by atoms with Gasteiger partial charge in [0.25, 0.3) is 11.8 Å². The van der Waals surface area contributed by atoms with Gasteiger partial charge in [-0.25, -0.2) is 9.69 Å². The van der Waals surface area contributed by atoms with Crippen LogP contribution in [0.4, 0.5) is 10.5 Å². The summed E-state index contributed by atoms with van der Waals surface area (Å²) in [4.78, 5) is 38.5. The Hall–Kier alpha value is -2.60. The van der Waals surface area contributed by atoms with Crippen LogP contribution in [0.5, 0.6) is 5.75 Å². The van der Waals surface area contributed by atoms with Gasteiger partial charge < -0.3 is 4.74 Å². The van der Waals surface area contributed by atoms with E-state index in [0.717, 1.165) is 4.90 Å². The van der Waals surface area contributed by atoms with Crippen LogP contribution in [0.1, 0.15) is 5.56 Å². The Morgan fingerprint density at radius 1 is 1.21 bits per heavy atom. The molecule has 2 aromatic carbocycles. The number of anilines is 1. The summed E-state index contributed by atoms with van der Waals surface area (Å²) in [6, 6.07) is 8.83. The molecule has 1 aliphatic heterocycles. The van der Waals surface area contributed by atoms with E-state index in [1.165, 1.54) is 18.2 Å². The van der Waals surface area contributed by atoms with Crippen molar-refractivity contribution in [3.8, 4) is 18.1 Å². The van der Waals surface area contributed by atoms with Crippen LogP contribution in [0.25, 0.3) is 6.08 Å². The molecule has 1 N–H and O–H groups in total. The molecule has 0 atom stereocenters. The molecule has 0 unspecified atom stereocenters. The largest absolute Gasteiger partial charge is 0.479 e. The van der Waals surface area contributed by atoms with Gasteiger partial charge in [-0.1, -0.05) is 45.6 Å². The quantitative estimate of drug-likeness (QED) is 0.352. The average molecular weight is 539 g/mol. The molecule has 29 heavy (non-hydrogen) atoms. The smallest absolute Gasteiger partial charge is 0.335 e. The molecule has 3 rings (SSSR count). The van der Waals surface area contributed by atoms with E-state index in [4.69, 9.17) is 22.8 Å². The van der Waals surface area contributed by atoms with Crippen molar-refractivity contribution < 1.29 is 19.1 Å². The number of urea groups is 1. The zero-order chi connectivity index (χ0) is 21.1. The standard InChI is InChI=1S/C20H11Br2ClN2O4/c1-2-7-29-17-11(8-12(21)10-14(17)22)9-13-18(26)24-20(28)25(19(13)27)16-6-4-3-5-15(16)23/h1,3-6,8-10H,7H2,(H,24,26,28)/b13-9+. The predicted molar refractivity (Wildman–Crippen MR) is 117 cm³/mol. The highest BCUT2D eigenvalue weighted by atomic mass is 79.9. The molecule has 146 valence electrons. The number of amides is 4. The van der Waals surface area contributed by atoms with E-state index in [-0.39, 0.29) is 22.9 Å². The van der Waals surface area contributed by atoms with Gasteiger partial charge in [0, 0.05) is 10.0 Å². The maximum atomic E-state index is 13.0. The number of terminal acetylenes is 1. The second-order valence-electron chi connectivity index (χ2n) is 5.71. The Bertz CT molecular complexity index is 1110. The molecule has 0 radical (unpaired) electrons. The molecule has 1 saturated heterocycles. The minimum Gasteiger partial charge on any atom is -0.479 e. The normalized spacial score (nSPS) is 15.3. The zero-order valence-electron chi connectivity index (χ0n) is 14.5. The molecule has 9 heteroatoms. The summed E-state index contributed by atoms with van der Waals surface area (Å²) in [5.41, 5.74) is 0.308. The Morgan fingerprint density at radius 3 is 2.62 bits per heavy atom. The van der Waals surface area contributed by atoms with Crippen LogP contribution in [-0.4, -0.2) is 24.5 Å². The number of imide groups is 2. The first-order chi connectivity index (χ1) is 13.8. The third-order valence-corrected chi connectivity index (χ3v) is 5.20. The number of carbonyl (C=O) groups excluding carboxylic acids is 3. The molecular weight excluding hydrogens is 527 g/mol. The maximum absolute atomic E-state index is 13.0. The molecule has 0 bridgehead atoms. The maximum Gasteiger partial charge on any atom is 0.335 e. The van der Waals surface area contributed by atoms with E-state index in [9.17, 15) is 14.4 Å². The Morgan fingerprint density at radius 2 is 1.93 bits per heavy atom. The Labute approximate surface area is 188 Å². The average Bonchev–Trinajstić information content (AvgIpc) is 2.65. The molecule has 1 heterocycles. The summed E-state index contributed by atoms with van der Waals surface area (Å²) in [5, 5.41) is 2.34. The van der Waals surface area contributed by atoms with Crippen LogP contribution in [0.3, 0.4) is 0 Å². The third kappa shape index (κ3) is 4.37. The van der Waals surface area contributed by atoms with E-state index in [1.54, 1.807) is 24.3 Å². The highest BCUT2D eigenvalue weighted by Gasteiger charge is 2.37. The number of para-hydroxylation sites is 1. The number of halogens is 3. The number of hydrogen-bond acceptors (Lipinski definition) is 4. The Balaban J connectivity index is 2.11. The summed E-state index contributed by atoms with van der Waals surface area (Å²) >= 11 is 12.9. The van der Waals surface area contributed by atoms with Crippen LogP contribution in [-0.2, 0) is 9.59 Å². The van der Waals surface area contributed by atoms with Crippen molar-refractivity contribution in [2.45, 2.75) is 0 Å². The molecule has 0 spiro atoms. The van der Waals surface area contributed by atoms with Crippen molar-refractivity contribution in [1.29, 1.82) is 0 Å². The van der Waals surface area contributed by atoms with E-state index in [2.05, 4.69) is 43.1 Å². The number of barbiturate groups is 1. The molecule has 4 amide bonds.